The molecule has 3 nitrogen and oxygen atoms in total. The Labute approximate surface area is 264 Å². The van der Waals surface area contributed by atoms with E-state index in [4.69, 9.17) is 10.5 Å². The summed E-state index contributed by atoms with van der Waals surface area (Å²) in [4.78, 5) is 12.0. The third-order valence-electron chi connectivity index (χ3n) is 14.1. The van der Waals surface area contributed by atoms with Gasteiger partial charge in [0.25, 0.3) is 0 Å². The Balaban J connectivity index is 0.000000798. The zero-order chi connectivity index (χ0) is 31.8. The van der Waals surface area contributed by atoms with Gasteiger partial charge in [0, 0.05) is 0 Å². The highest BCUT2D eigenvalue weighted by Gasteiger charge is 2.69. The average molecular weight is 590 g/mol. The fourth-order valence-electron chi connectivity index (χ4n) is 12.1. The molecule has 6 rings (SSSR count). The van der Waals surface area contributed by atoms with Crippen molar-refractivity contribution in [2.24, 2.45) is 56.5 Å². The van der Waals surface area contributed by atoms with Gasteiger partial charge in [0.05, 0.1) is 12.7 Å². The standard InChI is InChI=1S/C35H51NO2.C3H6.C2H6/c1-31(2)25(23-9-11-24(12-10-23)30(37)38-6)15-18-32(3)28(31)16-19-34(5)29(32)14-13-26-27-8-7-17-35(27,22-36)21-20-33(26,34)4;1-3-2;1-2/h9-12,15,26-29H,7-8,13-14,16-22,36H2,1-6H3;3H,1H2,2H3;1-2H3/t26?,27?,28?,29?,32?,33-,34?,35?;;/m1../s1. The number of rotatable bonds is 3. The smallest absolute Gasteiger partial charge is 0.337 e. The highest BCUT2D eigenvalue weighted by atomic mass is 16.5. The molecule has 0 amide bonds. The van der Waals surface area contributed by atoms with Crippen LogP contribution in [0.3, 0.4) is 0 Å². The average Bonchev–Trinajstić information content (AvgIpc) is 3.43. The van der Waals surface area contributed by atoms with Gasteiger partial charge in [-0.2, -0.15) is 0 Å². The molecule has 1 aromatic carbocycles. The molecule has 5 aliphatic rings. The van der Waals surface area contributed by atoms with Crippen LogP contribution in [0.25, 0.3) is 5.57 Å². The second kappa shape index (κ2) is 12.5. The molecule has 0 aliphatic heterocycles. The van der Waals surface area contributed by atoms with Gasteiger partial charge in [0.2, 0.25) is 0 Å². The summed E-state index contributed by atoms with van der Waals surface area (Å²) in [6.07, 6.45) is 18.0. The first kappa shape index (κ1) is 34.0. The predicted octanol–water partition coefficient (Wildman–Crippen LogP) is 10.5. The maximum atomic E-state index is 12.0. The lowest BCUT2D eigenvalue weighted by molar-refractivity contribution is -0.221. The molecular formula is C40H63NO2. The SMILES string of the molecule is C=CC.CC.COC(=O)c1ccc(C2=CCC3(C)C(CCC4(C)C3CCC3C5CCCC5(CN)CC[C@]34C)C2(C)C)cc1. The summed E-state index contributed by atoms with van der Waals surface area (Å²) in [7, 11) is 1.45. The Bertz CT molecular complexity index is 1180. The summed E-state index contributed by atoms with van der Waals surface area (Å²) < 4.78 is 4.93. The normalized spacial score (nSPS) is 40.4. The van der Waals surface area contributed by atoms with E-state index in [1.54, 1.807) is 6.08 Å². The fourth-order valence-corrected chi connectivity index (χ4v) is 12.1. The van der Waals surface area contributed by atoms with E-state index >= 15 is 0 Å². The van der Waals surface area contributed by atoms with Gasteiger partial charge in [-0.05, 0) is 145 Å². The van der Waals surface area contributed by atoms with Crippen molar-refractivity contribution in [3.63, 3.8) is 0 Å². The van der Waals surface area contributed by atoms with E-state index in [1.807, 2.05) is 32.9 Å². The minimum atomic E-state index is -0.263. The topological polar surface area (TPSA) is 52.3 Å². The van der Waals surface area contributed by atoms with Crippen LogP contribution in [0.5, 0.6) is 0 Å². The molecule has 0 radical (unpaired) electrons. The van der Waals surface area contributed by atoms with E-state index in [0.29, 0.717) is 33.1 Å². The minimum Gasteiger partial charge on any atom is -0.465 e. The fraction of sp³-hybridized carbons (Fsp3) is 0.725. The van der Waals surface area contributed by atoms with Crippen molar-refractivity contribution in [2.75, 3.05) is 13.7 Å². The molecule has 0 aromatic heterocycles. The van der Waals surface area contributed by atoms with Gasteiger partial charge >= 0.3 is 5.97 Å². The number of benzene rings is 1. The Kier molecular flexibility index (Phi) is 9.88. The van der Waals surface area contributed by atoms with Crippen LogP contribution in [0.2, 0.25) is 0 Å². The lowest BCUT2D eigenvalue weighted by Crippen LogP contribution is -2.65. The van der Waals surface area contributed by atoms with Crippen LogP contribution in [0, 0.1) is 50.7 Å². The largest absolute Gasteiger partial charge is 0.465 e. The summed E-state index contributed by atoms with van der Waals surface area (Å²) in [5.74, 6) is 2.91. The monoisotopic (exact) mass is 589 g/mol. The quantitative estimate of drug-likeness (QED) is 0.282. The van der Waals surface area contributed by atoms with E-state index in [1.165, 1.54) is 82.5 Å². The van der Waals surface area contributed by atoms with Gasteiger partial charge < -0.3 is 10.5 Å². The molecule has 4 saturated carbocycles. The molecule has 1 aromatic rings. The van der Waals surface area contributed by atoms with Gasteiger partial charge in [-0.25, -0.2) is 4.79 Å². The Hall–Kier alpha value is -1.87. The van der Waals surface area contributed by atoms with Crippen molar-refractivity contribution < 1.29 is 9.53 Å². The van der Waals surface area contributed by atoms with Crippen molar-refractivity contribution in [3.8, 4) is 0 Å². The zero-order valence-electron chi connectivity index (χ0n) is 29.2. The first-order valence-corrected chi connectivity index (χ1v) is 17.5. The van der Waals surface area contributed by atoms with Gasteiger partial charge in [0.15, 0.2) is 0 Å². The third kappa shape index (κ3) is 5.08. The second-order valence-electron chi connectivity index (χ2n) is 15.8. The number of methoxy groups -OCH3 is 1. The van der Waals surface area contributed by atoms with Crippen LogP contribution in [-0.4, -0.2) is 19.6 Å². The lowest BCUT2D eigenvalue weighted by atomic mass is 9.32. The van der Waals surface area contributed by atoms with Gasteiger partial charge in [-0.3, -0.25) is 0 Å². The van der Waals surface area contributed by atoms with Crippen LogP contribution in [0.15, 0.2) is 43.0 Å². The third-order valence-corrected chi connectivity index (χ3v) is 14.1. The summed E-state index contributed by atoms with van der Waals surface area (Å²) in [6.45, 7) is 23.3. The molecule has 0 bridgehead atoms. The molecule has 3 heteroatoms. The van der Waals surface area contributed by atoms with E-state index in [-0.39, 0.29) is 11.4 Å². The number of carbonyl (C=O) groups is 1. The van der Waals surface area contributed by atoms with Crippen LogP contribution < -0.4 is 5.73 Å². The van der Waals surface area contributed by atoms with E-state index in [9.17, 15) is 4.79 Å². The highest BCUT2D eigenvalue weighted by Crippen LogP contribution is 2.76. The molecule has 0 saturated heterocycles. The first-order chi connectivity index (χ1) is 20.4. The van der Waals surface area contributed by atoms with Crippen LogP contribution in [0.4, 0.5) is 0 Å². The molecule has 2 N–H and O–H groups in total. The molecule has 43 heavy (non-hydrogen) atoms. The van der Waals surface area contributed by atoms with Gasteiger partial charge in [0.1, 0.15) is 0 Å². The van der Waals surface area contributed by atoms with Crippen LogP contribution in [0.1, 0.15) is 136 Å². The molecule has 0 heterocycles. The number of hydrogen-bond donors (Lipinski definition) is 1. The molecule has 240 valence electrons. The van der Waals surface area contributed by atoms with Gasteiger partial charge in [-0.1, -0.05) is 79.2 Å². The summed E-state index contributed by atoms with van der Waals surface area (Å²) in [5.41, 5.74) is 11.6. The van der Waals surface area contributed by atoms with Gasteiger partial charge in [-0.15, -0.1) is 6.58 Å². The summed E-state index contributed by atoms with van der Waals surface area (Å²) in [6, 6.07) is 8.13. The Morgan fingerprint density at radius 1 is 0.907 bits per heavy atom. The van der Waals surface area contributed by atoms with E-state index in [0.717, 1.165) is 24.3 Å². The summed E-state index contributed by atoms with van der Waals surface area (Å²) in [5, 5.41) is 0. The molecular weight excluding hydrogens is 526 g/mol. The predicted molar refractivity (Wildman–Crippen MR) is 183 cm³/mol. The second-order valence-corrected chi connectivity index (χ2v) is 15.8. The molecule has 7 unspecified atom stereocenters. The number of fused-ring (bicyclic) bond motifs is 7. The van der Waals surface area contributed by atoms with E-state index < -0.39 is 0 Å². The Morgan fingerprint density at radius 3 is 2.16 bits per heavy atom. The van der Waals surface area contributed by atoms with Crippen molar-refractivity contribution in [2.45, 2.75) is 120 Å². The van der Waals surface area contributed by atoms with Crippen LogP contribution >= 0.6 is 0 Å². The number of allylic oxidation sites excluding steroid dienone is 3. The molecule has 4 fully saturated rings. The van der Waals surface area contributed by atoms with Crippen molar-refractivity contribution >= 4 is 11.5 Å². The maximum absolute atomic E-state index is 12.0. The molecule has 0 spiro atoms. The van der Waals surface area contributed by atoms with Crippen LogP contribution in [-0.2, 0) is 4.74 Å². The highest BCUT2D eigenvalue weighted by molar-refractivity contribution is 5.89. The summed E-state index contributed by atoms with van der Waals surface area (Å²) >= 11 is 0. The minimum absolute atomic E-state index is 0.103. The Morgan fingerprint density at radius 2 is 1.56 bits per heavy atom. The molecule has 5 aliphatic carbocycles. The zero-order valence-corrected chi connectivity index (χ0v) is 29.2. The van der Waals surface area contributed by atoms with E-state index in [2.05, 4.69) is 59.4 Å². The maximum Gasteiger partial charge on any atom is 0.337 e. The number of hydrogen-bond acceptors (Lipinski definition) is 3. The number of ether oxygens (including phenoxy) is 1. The van der Waals surface area contributed by atoms with Crippen molar-refractivity contribution in [1.82, 2.24) is 0 Å². The van der Waals surface area contributed by atoms with Crippen molar-refractivity contribution in [1.29, 1.82) is 0 Å². The van der Waals surface area contributed by atoms with Crippen molar-refractivity contribution in [3.05, 3.63) is 54.1 Å². The first-order valence-electron chi connectivity index (χ1n) is 17.5. The lowest BCUT2D eigenvalue weighted by Gasteiger charge is -2.72. The number of nitrogens with two attached hydrogens (primary N) is 1. The molecule has 8 atom stereocenters. The number of esters is 1. The number of carbonyl (C=O) groups excluding carboxylic acids is 1.